The molecule has 0 radical (unpaired) electrons. The topological polar surface area (TPSA) is 99.5 Å². The minimum atomic E-state index is -3.68. The molecule has 2 rings (SSSR count). The molecule has 0 aliphatic heterocycles. The summed E-state index contributed by atoms with van der Waals surface area (Å²) in [6, 6.07) is 15.1. The lowest BCUT2D eigenvalue weighted by atomic mass is 10.2. The SMILES string of the molecule is COc1ccccc1NC(=O)CN(C)S(=O)(=O)Cc1ccc(C#N)cc1. The first kappa shape index (κ1) is 19.4. The van der Waals surface area contributed by atoms with E-state index in [1.807, 2.05) is 6.07 Å². The van der Waals surface area contributed by atoms with Crippen LogP contribution in [0.15, 0.2) is 48.5 Å². The van der Waals surface area contributed by atoms with Crippen LogP contribution in [-0.2, 0) is 20.6 Å². The van der Waals surface area contributed by atoms with E-state index in [1.165, 1.54) is 14.2 Å². The van der Waals surface area contributed by atoms with Gasteiger partial charge in [0, 0.05) is 7.05 Å². The van der Waals surface area contributed by atoms with E-state index in [2.05, 4.69) is 5.32 Å². The number of ether oxygens (including phenoxy) is 1. The summed E-state index contributed by atoms with van der Waals surface area (Å²) in [6.07, 6.45) is 0. The standard InChI is InChI=1S/C18H19N3O4S/c1-21(12-18(22)20-16-5-3-4-6-17(16)25-2)26(23,24)13-15-9-7-14(11-19)8-10-15/h3-10H,12-13H2,1-2H3,(H,20,22). The van der Waals surface area contributed by atoms with Gasteiger partial charge in [-0.2, -0.15) is 9.57 Å². The molecule has 8 heteroatoms. The smallest absolute Gasteiger partial charge is 0.239 e. The van der Waals surface area contributed by atoms with Gasteiger partial charge >= 0.3 is 0 Å². The van der Waals surface area contributed by atoms with Gasteiger partial charge in [0.15, 0.2) is 0 Å². The highest BCUT2D eigenvalue weighted by Crippen LogP contribution is 2.23. The number of nitrogens with zero attached hydrogens (tertiary/aromatic N) is 2. The van der Waals surface area contributed by atoms with Crippen molar-refractivity contribution in [3.05, 3.63) is 59.7 Å². The lowest BCUT2D eigenvalue weighted by molar-refractivity contribution is -0.116. The maximum atomic E-state index is 12.4. The average molecular weight is 373 g/mol. The van der Waals surface area contributed by atoms with Crippen molar-refractivity contribution >= 4 is 21.6 Å². The third-order valence-electron chi connectivity index (χ3n) is 3.65. The molecular weight excluding hydrogens is 354 g/mol. The number of carbonyl (C=O) groups excluding carboxylic acids is 1. The maximum absolute atomic E-state index is 12.4. The van der Waals surface area contributed by atoms with Crippen LogP contribution in [-0.4, -0.2) is 39.3 Å². The second-order valence-corrected chi connectivity index (χ2v) is 7.65. The van der Waals surface area contributed by atoms with E-state index in [0.29, 0.717) is 22.6 Å². The monoisotopic (exact) mass is 373 g/mol. The molecule has 0 heterocycles. The van der Waals surface area contributed by atoms with Crippen molar-refractivity contribution in [3.63, 3.8) is 0 Å². The third-order valence-corrected chi connectivity index (χ3v) is 5.43. The van der Waals surface area contributed by atoms with Crippen molar-refractivity contribution in [1.29, 1.82) is 5.26 Å². The molecule has 0 saturated heterocycles. The molecule has 1 N–H and O–H groups in total. The summed E-state index contributed by atoms with van der Waals surface area (Å²) in [5.74, 6) is -0.235. The molecule has 2 aromatic rings. The normalized spacial score (nSPS) is 11.0. The van der Waals surface area contributed by atoms with Crippen molar-refractivity contribution < 1.29 is 17.9 Å². The molecule has 1 amide bonds. The number of hydrogen-bond donors (Lipinski definition) is 1. The fraction of sp³-hybridized carbons (Fsp3) is 0.222. The predicted molar refractivity (Wildman–Crippen MR) is 98.0 cm³/mol. The summed E-state index contributed by atoms with van der Waals surface area (Å²) < 4.78 is 31.0. The Hall–Kier alpha value is -2.89. The molecule has 26 heavy (non-hydrogen) atoms. The Morgan fingerprint density at radius 2 is 1.85 bits per heavy atom. The molecule has 0 aliphatic carbocycles. The van der Waals surface area contributed by atoms with Crippen LogP contribution >= 0.6 is 0 Å². The maximum Gasteiger partial charge on any atom is 0.239 e. The van der Waals surface area contributed by atoms with Gasteiger partial charge in [-0.3, -0.25) is 4.79 Å². The van der Waals surface area contributed by atoms with Gasteiger partial charge in [0.2, 0.25) is 15.9 Å². The van der Waals surface area contributed by atoms with Gasteiger partial charge < -0.3 is 10.1 Å². The molecule has 2 aromatic carbocycles. The Labute approximate surface area is 152 Å². The lowest BCUT2D eigenvalue weighted by Crippen LogP contribution is -2.35. The van der Waals surface area contributed by atoms with E-state index in [4.69, 9.17) is 10.00 Å². The van der Waals surface area contributed by atoms with Crippen molar-refractivity contribution in [2.45, 2.75) is 5.75 Å². The fourth-order valence-corrected chi connectivity index (χ4v) is 3.38. The molecule has 136 valence electrons. The number of likely N-dealkylation sites (N-methyl/N-ethyl adjacent to an activating group) is 1. The molecule has 7 nitrogen and oxygen atoms in total. The number of rotatable bonds is 7. The summed E-state index contributed by atoms with van der Waals surface area (Å²) in [6.45, 7) is -0.323. The molecule has 0 saturated carbocycles. The second kappa shape index (κ2) is 8.47. The van der Waals surface area contributed by atoms with Crippen LogP contribution in [0.1, 0.15) is 11.1 Å². The summed E-state index contributed by atoms with van der Waals surface area (Å²) >= 11 is 0. The van der Waals surface area contributed by atoms with E-state index in [1.54, 1.807) is 48.5 Å². The minimum absolute atomic E-state index is 0.253. The number of sulfonamides is 1. The number of hydrogen-bond acceptors (Lipinski definition) is 5. The number of methoxy groups -OCH3 is 1. The van der Waals surface area contributed by atoms with Crippen LogP contribution in [0.5, 0.6) is 5.75 Å². The number of benzene rings is 2. The number of carbonyl (C=O) groups is 1. The molecule has 0 aliphatic rings. The van der Waals surface area contributed by atoms with Crippen LogP contribution in [0.3, 0.4) is 0 Å². The van der Waals surface area contributed by atoms with Crippen molar-refractivity contribution in [2.24, 2.45) is 0 Å². The number of amides is 1. The summed E-state index contributed by atoms with van der Waals surface area (Å²) in [5, 5.41) is 11.4. The molecule has 0 unspecified atom stereocenters. The van der Waals surface area contributed by atoms with Crippen LogP contribution in [0, 0.1) is 11.3 Å². The molecular formula is C18H19N3O4S. The number of nitrogens with one attached hydrogen (secondary N) is 1. The van der Waals surface area contributed by atoms with Crippen LogP contribution < -0.4 is 10.1 Å². The molecule has 0 fully saturated rings. The van der Waals surface area contributed by atoms with Crippen LogP contribution in [0.4, 0.5) is 5.69 Å². The molecule has 0 atom stereocenters. The van der Waals surface area contributed by atoms with Gasteiger partial charge in [-0.05, 0) is 29.8 Å². The quantitative estimate of drug-likeness (QED) is 0.800. The molecule has 0 aromatic heterocycles. The number of anilines is 1. The van der Waals surface area contributed by atoms with Gasteiger partial charge in [0.1, 0.15) is 5.75 Å². The average Bonchev–Trinajstić information content (AvgIpc) is 2.62. The van der Waals surface area contributed by atoms with E-state index < -0.39 is 15.9 Å². The van der Waals surface area contributed by atoms with Gasteiger partial charge in [-0.15, -0.1) is 0 Å². The van der Waals surface area contributed by atoms with Gasteiger partial charge in [0.25, 0.3) is 0 Å². The zero-order chi connectivity index (χ0) is 19.2. The Kier molecular flexibility index (Phi) is 6.33. The highest BCUT2D eigenvalue weighted by molar-refractivity contribution is 7.88. The number of nitriles is 1. The highest BCUT2D eigenvalue weighted by Gasteiger charge is 2.21. The summed E-state index contributed by atoms with van der Waals surface area (Å²) in [4.78, 5) is 12.2. The van der Waals surface area contributed by atoms with Crippen LogP contribution in [0.2, 0.25) is 0 Å². The largest absolute Gasteiger partial charge is 0.495 e. The third kappa shape index (κ3) is 5.05. The Bertz CT molecular complexity index is 918. The lowest BCUT2D eigenvalue weighted by Gasteiger charge is -2.17. The first-order valence-electron chi connectivity index (χ1n) is 7.71. The van der Waals surface area contributed by atoms with Crippen molar-refractivity contribution in [3.8, 4) is 11.8 Å². The van der Waals surface area contributed by atoms with Crippen LogP contribution in [0.25, 0.3) is 0 Å². The van der Waals surface area contributed by atoms with E-state index >= 15 is 0 Å². The Morgan fingerprint density at radius 1 is 1.19 bits per heavy atom. The first-order chi connectivity index (χ1) is 12.4. The predicted octanol–water partition coefficient (Wildman–Crippen LogP) is 1.97. The number of para-hydroxylation sites is 2. The van der Waals surface area contributed by atoms with E-state index in [0.717, 1.165) is 4.31 Å². The van der Waals surface area contributed by atoms with Gasteiger partial charge in [-0.1, -0.05) is 24.3 Å². The minimum Gasteiger partial charge on any atom is -0.495 e. The zero-order valence-electron chi connectivity index (χ0n) is 14.5. The second-order valence-electron chi connectivity index (χ2n) is 5.57. The van der Waals surface area contributed by atoms with Crippen molar-refractivity contribution in [1.82, 2.24) is 4.31 Å². The van der Waals surface area contributed by atoms with Crippen molar-refractivity contribution in [2.75, 3.05) is 26.0 Å². The highest BCUT2D eigenvalue weighted by atomic mass is 32.2. The molecule has 0 bridgehead atoms. The zero-order valence-corrected chi connectivity index (χ0v) is 15.3. The van der Waals surface area contributed by atoms with E-state index in [-0.39, 0.29) is 12.3 Å². The Balaban J connectivity index is 2.01. The van der Waals surface area contributed by atoms with Gasteiger partial charge in [0.05, 0.1) is 36.7 Å². The van der Waals surface area contributed by atoms with E-state index in [9.17, 15) is 13.2 Å². The first-order valence-corrected chi connectivity index (χ1v) is 9.32. The van der Waals surface area contributed by atoms with Gasteiger partial charge in [-0.25, -0.2) is 8.42 Å². The molecule has 0 spiro atoms. The fourth-order valence-electron chi connectivity index (χ4n) is 2.23. The summed E-state index contributed by atoms with van der Waals surface area (Å²) in [7, 11) is -0.844. The Morgan fingerprint density at radius 3 is 2.46 bits per heavy atom. The summed E-state index contributed by atoms with van der Waals surface area (Å²) in [5.41, 5.74) is 1.47.